The van der Waals surface area contributed by atoms with Crippen molar-refractivity contribution in [3.63, 3.8) is 0 Å². The lowest BCUT2D eigenvalue weighted by atomic mass is 9.92. The summed E-state index contributed by atoms with van der Waals surface area (Å²) in [6.07, 6.45) is 6.34. The third kappa shape index (κ3) is 11.3. The molecule has 6 heteroatoms. The average Bonchev–Trinajstić information content (AvgIpc) is 2.83. The number of methoxy groups -OCH3 is 1. The minimum Gasteiger partial charge on any atom is -0.497 e. The van der Waals surface area contributed by atoms with Crippen LogP contribution in [-0.4, -0.2) is 66.1 Å². The predicted octanol–water partition coefficient (Wildman–Crippen LogP) is 6.65. The molecular formula is C29H53N3OS2. The maximum Gasteiger partial charge on any atom is 0.118 e. The summed E-state index contributed by atoms with van der Waals surface area (Å²) in [5, 5.41) is 7.55. The second-order valence-electron chi connectivity index (χ2n) is 11.1. The fourth-order valence-corrected chi connectivity index (χ4v) is 7.40. The normalized spacial score (nSPS) is 22.3. The Bertz CT molecular complexity index is 700. The van der Waals surface area contributed by atoms with Crippen LogP contribution in [0.15, 0.2) is 24.3 Å². The molecule has 0 aliphatic carbocycles. The summed E-state index contributed by atoms with van der Waals surface area (Å²) >= 11 is 4.22. The Morgan fingerprint density at radius 2 is 1.94 bits per heavy atom. The van der Waals surface area contributed by atoms with Crippen LogP contribution in [0.25, 0.3) is 0 Å². The van der Waals surface area contributed by atoms with Gasteiger partial charge in [0.2, 0.25) is 0 Å². The van der Waals surface area contributed by atoms with Gasteiger partial charge in [-0.25, -0.2) is 0 Å². The summed E-state index contributed by atoms with van der Waals surface area (Å²) in [5.41, 5.74) is 1.38. The van der Waals surface area contributed by atoms with Crippen molar-refractivity contribution in [3.05, 3.63) is 29.8 Å². The monoisotopic (exact) mass is 523 g/mol. The lowest BCUT2D eigenvalue weighted by Gasteiger charge is -2.48. The number of nitrogens with one attached hydrogen (secondary N) is 2. The van der Waals surface area contributed by atoms with Gasteiger partial charge in [0.15, 0.2) is 0 Å². The molecule has 4 nitrogen and oxygen atoms in total. The first-order chi connectivity index (χ1) is 16.7. The highest BCUT2D eigenvalue weighted by atomic mass is 32.2. The molecule has 3 atom stereocenters. The maximum absolute atomic E-state index is 5.33. The average molecular weight is 524 g/mol. The molecule has 1 aliphatic heterocycles. The number of piperidine rings is 1. The van der Waals surface area contributed by atoms with E-state index in [0.717, 1.165) is 43.6 Å². The van der Waals surface area contributed by atoms with Crippen LogP contribution < -0.4 is 15.4 Å². The summed E-state index contributed by atoms with van der Waals surface area (Å²) in [7, 11) is 1.73. The molecule has 0 radical (unpaired) electrons. The van der Waals surface area contributed by atoms with Crippen molar-refractivity contribution >= 4 is 23.5 Å². The Morgan fingerprint density at radius 1 is 1.20 bits per heavy atom. The highest BCUT2D eigenvalue weighted by Crippen LogP contribution is 2.42. The molecule has 1 aromatic carbocycles. The van der Waals surface area contributed by atoms with Gasteiger partial charge in [0.1, 0.15) is 5.75 Å². The fraction of sp³-hybridized carbons (Fsp3) is 0.793. The lowest BCUT2D eigenvalue weighted by molar-refractivity contribution is 0.0926. The fourth-order valence-electron chi connectivity index (χ4n) is 4.79. The van der Waals surface area contributed by atoms with Crippen LogP contribution in [0, 0.1) is 5.92 Å². The van der Waals surface area contributed by atoms with Gasteiger partial charge in [-0.15, -0.1) is 11.8 Å². The first-order valence-corrected chi connectivity index (χ1v) is 15.8. The Balaban J connectivity index is 1.81. The van der Waals surface area contributed by atoms with Crippen molar-refractivity contribution in [2.24, 2.45) is 5.92 Å². The maximum atomic E-state index is 5.33. The van der Waals surface area contributed by atoms with E-state index in [9.17, 15) is 0 Å². The van der Waals surface area contributed by atoms with Crippen molar-refractivity contribution in [2.75, 3.05) is 45.6 Å². The van der Waals surface area contributed by atoms with Crippen molar-refractivity contribution in [3.8, 4) is 5.75 Å². The predicted molar refractivity (Wildman–Crippen MR) is 159 cm³/mol. The van der Waals surface area contributed by atoms with Gasteiger partial charge in [0, 0.05) is 42.7 Å². The standard InChI is InChI=1S/C29H53N3OS2/c1-8-10-19-34-28(4,5)23-30-16-17-31-26(9-2)21-32-18-15-24(3)20-29(32,6)35-22-25-11-13-27(33-7)14-12-25/h11-14,24,26,30-31H,8-10,15-23H2,1-7H3. The number of ether oxygens (including phenoxy) is 1. The van der Waals surface area contributed by atoms with Crippen LogP contribution >= 0.6 is 23.5 Å². The number of hydrogen-bond acceptors (Lipinski definition) is 6. The van der Waals surface area contributed by atoms with E-state index < -0.39 is 0 Å². The number of rotatable bonds is 17. The first-order valence-electron chi connectivity index (χ1n) is 13.8. The van der Waals surface area contributed by atoms with Gasteiger partial charge in [-0.1, -0.05) is 39.3 Å². The minimum atomic E-state index is 0.185. The van der Waals surface area contributed by atoms with Gasteiger partial charge >= 0.3 is 0 Å². The summed E-state index contributed by atoms with van der Waals surface area (Å²) in [6, 6.07) is 9.11. The number of benzene rings is 1. The Kier molecular flexibility index (Phi) is 13.9. The molecule has 0 amide bonds. The zero-order valence-corrected chi connectivity index (χ0v) is 25.3. The highest BCUT2D eigenvalue weighted by molar-refractivity contribution is 8.00. The topological polar surface area (TPSA) is 36.5 Å². The van der Waals surface area contributed by atoms with E-state index in [-0.39, 0.29) is 4.87 Å². The number of hydrogen-bond donors (Lipinski definition) is 2. The van der Waals surface area contributed by atoms with Crippen LogP contribution in [0.3, 0.4) is 0 Å². The summed E-state index contributed by atoms with van der Waals surface area (Å²) in [4.78, 5) is 2.95. The SMILES string of the molecule is CCCCSC(C)(C)CNCCNC(CC)CN1CCC(C)CC1(C)SCc1ccc(OC)cc1. The molecule has 1 aromatic rings. The third-order valence-corrected chi connectivity index (χ3v) is 10.1. The van der Waals surface area contributed by atoms with Gasteiger partial charge in [-0.05, 0) is 82.4 Å². The van der Waals surface area contributed by atoms with E-state index in [1.54, 1.807) is 7.11 Å². The zero-order chi connectivity index (χ0) is 25.7. The summed E-state index contributed by atoms with van der Waals surface area (Å²) in [5.74, 6) is 4.04. The van der Waals surface area contributed by atoms with Crippen molar-refractivity contribution in [2.45, 2.75) is 95.1 Å². The molecule has 35 heavy (non-hydrogen) atoms. The second kappa shape index (κ2) is 15.8. The van der Waals surface area contributed by atoms with Crippen molar-refractivity contribution in [1.82, 2.24) is 15.5 Å². The number of unbranched alkanes of at least 4 members (excludes halogenated alkanes) is 1. The Labute approximate surface area is 225 Å². The minimum absolute atomic E-state index is 0.185. The Morgan fingerprint density at radius 3 is 2.60 bits per heavy atom. The first kappa shape index (κ1) is 30.8. The molecule has 2 rings (SSSR count). The number of likely N-dealkylation sites (tertiary alicyclic amines) is 1. The van der Waals surface area contributed by atoms with Crippen molar-refractivity contribution in [1.29, 1.82) is 0 Å². The van der Waals surface area contributed by atoms with Gasteiger partial charge in [0.05, 0.1) is 12.0 Å². The molecule has 2 N–H and O–H groups in total. The van der Waals surface area contributed by atoms with E-state index in [4.69, 9.17) is 4.74 Å². The highest BCUT2D eigenvalue weighted by Gasteiger charge is 2.38. The molecule has 1 aliphatic rings. The van der Waals surface area contributed by atoms with Crippen LogP contribution in [0.4, 0.5) is 0 Å². The Hall–Kier alpha value is -0.400. The van der Waals surface area contributed by atoms with Gasteiger partial charge < -0.3 is 15.4 Å². The molecule has 3 unspecified atom stereocenters. The molecule has 1 heterocycles. The summed E-state index contributed by atoms with van der Waals surface area (Å²) in [6.45, 7) is 19.7. The van der Waals surface area contributed by atoms with Gasteiger partial charge in [-0.3, -0.25) is 4.90 Å². The third-order valence-electron chi connectivity index (χ3n) is 7.21. The quantitative estimate of drug-likeness (QED) is 0.223. The molecule has 0 saturated carbocycles. The van der Waals surface area contributed by atoms with Crippen LogP contribution in [-0.2, 0) is 5.75 Å². The molecule has 1 saturated heterocycles. The number of thioether (sulfide) groups is 2. The molecule has 202 valence electrons. The molecule has 1 fully saturated rings. The molecule has 0 spiro atoms. The summed E-state index contributed by atoms with van der Waals surface area (Å²) < 4.78 is 5.64. The van der Waals surface area contributed by atoms with E-state index in [1.807, 2.05) is 0 Å². The zero-order valence-electron chi connectivity index (χ0n) is 23.6. The molecule has 0 bridgehead atoms. The van der Waals surface area contributed by atoms with E-state index in [1.165, 1.54) is 50.0 Å². The number of nitrogens with zero attached hydrogens (tertiary/aromatic N) is 1. The largest absolute Gasteiger partial charge is 0.497 e. The van der Waals surface area contributed by atoms with Crippen LogP contribution in [0.2, 0.25) is 0 Å². The molecule has 0 aromatic heterocycles. The van der Waals surface area contributed by atoms with Crippen LogP contribution in [0.1, 0.15) is 79.2 Å². The van der Waals surface area contributed by atoms with Crippen molar-refractivity contribution < 1.29 is 4.74 Å². The smallest absolute Gasteiger partial charge is 0.118 e. The van der Waals surface area contributed by atoms with Crippen LogP contribution in [0.5, 0.6) is 5.75 Å². The van der Waals surface area contributed by atoms with Gasteiger partial charge in [-0.2, -0.15) is 11.8 Å². The van der Waals surface area contributed by atoms with E-state index in [2.05, 4.69) is 105 Å². The van der Waals surface area contributed by atoms with Gasteiger partial charge in [0.25, 0.3) is 0 Å². The van der Waals surface area contributed by atoms with E-state index >= 15 is 0 Å². The molecular weight excluding hydrogens is 470 g/mol. The second-order valence-corrected chi connectivity index (χ2v) is 14.3. The van der Waals surface area contributed by atoms with E-state index in [0.29, 0.717) is 10.8 Å². The lowest BCUT2D eigenvalue weighted by Crippen LogP contribution is -2.54.